The minimum Gasteiger partial charge on any atom is -0.482 e. The fourth-order valence-electron chi connectivity index (χ4n) is 3.75. The van der Waals surface area contributed by atoms with Crippen molar-refractivity contribution in [1.82, 2.24) is 10.3 Å². The monoisotopic (exact) mass is 409 g/mol. The third kappa shape index (κ3) is 4.79. The first-order valence-corrected chi connectivity index (χ1v) is 10.5. The molecule has 1 aromatic carbocycles. The van der Waals surface area contributed by atoms with Crippen LogP contribution in [-0.2, 0) is 9.53 Å². The number of hydrogen-bond acceptors (Lipinski definition) is 5. The van der Waals surface area contributed by atoms with Crippen molar-refractivity contribution < 1.29 is 19.1 Å². The fourth-order valence-corrected chi connectivity index (χ4v) is 3.75. The van der Waals surface area contributed by atoms with Gasteiger partial charge >= 0.3 is 0 Å². The number of benzene rings is 1. The molecule has 2 aromatic rings. The molecular formula is C23H27N3O4. The van der Waals surface area contributed by atoms with Crippen LogP contribution in [0.15, 0.2) is 42.6 Å². The van der Waals surface area contributed by atoms with Crippen LogP contribution >= 0.6 is 0 Å². The number of nitrogens with zero attached hydrogens (tertiary/aromatic N) is 1. The molecule has 2 fully saturated rings. The van der Waals surface area contributed by atoms with Crippen molar-refractivity contribution in [2.45, 2.75) is 56.8 Å². The summed E-state index contributed by atoms with van der Waals surface area (Å²) in [7, 11) is 0. The van der Waals surface area contributed by atoms with E-state index in [1.54, 1.807) is 6.07 Å². The number of primary amides is 1. The van der Waals surface area contributed by atoms with Gasteiger partial charge in [-0.15, -0.1) is 0 Å². The summed E-state index contributed by atoms with van der Waals surface area (Å²) >= 11 is 0. The Hall–Kier alpha value is -2.93. The molecule has 4 rings (SSSR count). The molecule has 2 heterocycles. The van der Waals surface area contributed by atoms with Crippen molar-refractivity contribution in [1.29, 1.82) is 0 Å². The zero-order chi connectivity index (χ0) is 21.1. The highest BCUT2D eigenvalue weighted by atomic mass is 16.5. The highest BCUT2D eigenvalue weighted by molar-refractivity contribution is 5.90. The predicted octanol–water partition coefficient (Wildman–Crippen LogP) is 2.86. The largest absolute Gasteiger partial charge is 0.482 e. The molecule has 2 amide bonds. The van der Waals surface area contributed by atoms with Crippen molar-refractivity contribution in [3.63, 3.8) is 0 Å². The lowest BCUT2D eigenvalue weighted by Gasteiger charge is -2.27. The molecule has 0 radical (unpaired) electrons. The molecule has 7 heteroatoms. The molecule has 3 N–H and O–H groups in total. The Labute approximate surface area is 176 Å². The lowest BCUT2D eigenvalue weighted by molar-refractivity contribution is -0.131. The van der Waals surface area contributed by atoms with Crippen LogP contribution < -0.4 is 15.8 Å². The second-order valence-electron chi connectivity index (χ2n) is 8.02. The predicted molar refractivity (Wildman–Crippen MR) is 111 cm³/mol. The molecule has 1 aliphatic carbocycles. The quantitative estimate of drug-likeness (QED) is 0.698. The molecule has 1 aromatic heterocycles. The van der Waals surface area contributed by atoms with Gasteiger partial charge in [-0.2, -0.15) is 0 Å². The summed E-state index contributed by atoms with van der Waals surface area (Å²) in [5.41, 5.74) is 7.73. The van der Waals surface area contributed by atoms with E-state index < -0.39 is 18.1 Å². The van der Waals surface area contributed by atoms with E-state index in [0.29, 0.717) is 18.3 Å². The molecule has 1 saturated heterocycles. The molecule has 0 spiro atoms. The van der Waals surface area contributed by atoms with E-state index in [2.05, 4.69) is 34.6 Å². The normalized spacial score (nSPS) is 20.4. The smallest absolute Gasteiger partial charge is 0.267 e. The molecular weight excluding hydrogens is 382 g/mol. The number of carbonyl (C=O) groups is 2. The van der Waals surface area contributed by atoms with E-state index in [-0.39, 0.29) is 17.6 Å². The molecule has 0 bridgehead atoms. The second-order valence-corrected chi connectivity index (χ2v) is 8.02. The Morgan fingerprint density at radius 2 is 1.93 bits per heavy atom. The van der Waals surface area contributed by atoms with Gasteiger partial charge in [0.15, 0.2) is 0 Å². The average Bonchev–Trinajstić information content (AvgIpc) is 3.45. The molecule has 1 unspecified atom stereocenters. The molecule has 7 nitrogen and oxygen atoms in total. The van der Waals surface area contributed by atoms with Gasteiger partial charge in [0.05, 0.1) is 12.2 Å². The summed E-state index contributed by atoms with van der Waals surface area (Å²) in [5.74, 6) is 0.450. The van der Waals surface area contributed by atoms with Gasteiger partial charge in [0.2, 0.25) is 5.91 Å². The molecule has 1 saturated carbocycles. The van der Waals surface area contributed by atoms with Gasteiger partial charge < -0.3 is 20.5 Å². The van der Waals surface area contributed by atoms with Gasteiger partial charge in [-0.05, 0) is 61.8 Å². The third-order valence-electron chi connectivity index (χ3n) is 5.61. The lowest BCUT2D eigenvalue weighted by atomic mass is 10.00. The van der Waals surface area contributed by atoms with Gasteiger partial charge in [-0.1, -0.05) is 24.3 Å². The highest BCUT2D eigenvalue weighted by Gasteiger charge is 2.29. The first-order chi connectivity index (χ1) is 14.5. The van der Waals surface area contributed by atoms with Crippen molar-refractivity contribution in [2.75, 3.05) is 6.61 Å². The maximum atomic E-state index is 12.6. The zero-order valence-electron chi connectivity index (χ0n) is 17.0. The number of ether oxygens (including phenoxy) is 2. The van der Waals surface area contributed by atoms with Gasteiger partial charge in [-0.3, -0.25) is 9.59 Å². The summed E-state index contributed by atoms with van der Waals surface area (Å²) in [6.45, 7) is 2.53. The topological polar surface area (TPSA) is 104 Å². The summed E-state index contributed by atoms with van der Waals surface area (Å²) in [6, 6.07) is 11.3. The number of rotatable bonds is 8. The van der Waals surface area contributed by atoms with Crippen LogP contribution in [0.4, 0.5) is 0 Å². The Balaban J connectivity index is 1.53. The van der Waals surface area contributed by atoms with E-state index >= 15 is 0 Å². The van der Waals surface area contributed by atoms with Gasteiger partial charge in [0.25, 0.3) is 5.91 Å². The van der Waals surface area contributed by atoms with Crippen molar-refractivity contribution in [3.05, 3.63) is 59.4 Å². The maximum absolute atomic E-state index is 12.6. The second kappa shape index (κ2) is 8.83. The number of pyridine rings is 1. The Bertz CT molecular complexity index is 888. The molecule has 2 aliphatic rings. The SMILES string of the molecule is CC(NC(=O)[C@H]1CCCO1)[C@H](Oc1ccc(C(N)=O)nc1)c1ccc(C2CC2)cc1. The lowest BCUT2D eigenvalue weighted by Crippen LogP contribution is -2.44. The minimum absolute atomic E-state index is 0.120. The standard InChI is InChI=1S/C23H27N3O4/c1-14(26-23(28)20-3-2-12-29-20)21(17-8-6-16(7-9-17)15-4-5-15)30-18-10-11-19(22(24)27)25-13-18/h6-11,13-15,20-21H,2-5,12H2,1H3,(H2,24,27)(H,26,28)/t14?,20-,21+/m1/s1. The fraction of sp³-hybridized carbons (Fsp3) is 0.435. The van der Waals surface area contributed by atoms with Crippen LogP contribution in [-0.4, -0.2) is 35.6 Å². The van der Waals surface area contributed by atoms with Gasteiger partial charge in [0.1, 0.15) is 23.7 Å². The first-order valence-electron chi connectivity index (χ1n) is 10.5. The molecule has 3 atom stereocenters. The van der Waals surface area contributed by atoms with E-state index in [1.807, 2.05) is 6.92 Å². The van der Waals surface area contributed by atoms with E-state index in [4.69, 9.17) is 15.2 Å². The number of nitrogens with two attached hydrogens (primary N) is 1. The van der Waals surface area contributed by atoms with Crippen molar-refractivity contribution >= 4 is 11.8 Å². The number of carbonyl (C=O) groups excluding carboxylic acids is 2. The summed E-state index contributed by atoms with van der Waals surface area (Å²) in [4.78, 5) is 27.9. The molecule has 1 aliphatic heterocycles. The molecule has 158 valence electrons. The van der Waals surface area contributed by atoms with E-state index in [1.165, 1.54) is 30.7 Å². The summed E-state index contributed by atoms with van der Waals surface area (Å²) in [5, 5.41) is 3.04. The highest BCUT2D eigenvalue weighted by Crippen LogP contribution is 2.40. The molecule has 30 heavy (non-hydrogen) atoms. The van der Waals surface area contributed by atoms with Crippen LogP contribution in [0.1, 0.15) is 66.2 Å². The van der Waals surface area contributed by atoms with Crippen LogP contribution in [0.3, 0.4) is 0 Å². The first kappa shape index (κ1) is 20.3. The Morgan fingerprint density at radius 3 is 2.50 bits per heavy atom. The van der Waals surface area contributed by atoms with E-state index in [9.17, 15) is 9.59 Å². The zero-order valence-corrected chi connectivity index (χ0v) is 17.0. The third-order valence-corrected chi connectivity index (χ3v) is 5.61. The summed E-state index contributed by atoms with van der Waals surface area (Å²) < 4.78 is 11.7. The number of amides is 2. The average molecular weight is 409 g/mol. The van der Waals surface area contributed by atoms with E-state index in [0.717, 1.165) is 18.4 Å². The van der Waals surface area contributed by atoms with Crippen LogP contribution in [0.25, 0.3) is 0 Å². The Kier molecular flexibility index (Phi) is 5.99. The number of hydrogen-bond donors (Lipinski definition) is 2. The minimum atomic E-state index is -0.592. The van der Waals surface area contributed by atoms with Crippen LogP contribution in [0.2, 0.25) is 0 Å². The van der Waals surface area contributed by atoms with Crippen LogP contribution in [0.5, 0.6) is 5.75 Å². The summed E-state index contributed by atoms with van der Waals surface area (Å²) in [6.07, 6.45) is 4.76. The van der Waals surface area contributed by atoms with Gasteiger partial charge in [-0.25, -0.2) is 4.98 Å². The van der Waals surface area contributed by atoms with Crippen molar-refractivity contribution in [3.8, 4) is 5.75 Å². The number of nitrogens with one attached hydrogen (secondary N) is 1. The van der Waals surface area contributed by atoms with Gasteiger partial charge in [0, 0.05) is 6.61 Å². The number of aromatic nitrogens is 1. The van der Waals surface area contributed by atoms with Crippen molar-refractivity contribution in [2.24, 2.45) is 5.73 Å². The Morgan fingerprint density at radius 1 is 1.17 bits per heavy atom. The maximum Gasteiger partial charge on any atom is 0.267 e. The van der Waals surface area contributed by atoms with Crippen LogP contribution in [0, 0.1) is 0 Å².